The lowest BCUT2D eigenvalue weighted by Crippen LogP contribution is -2.38. The van der Waals surface area contributed by atoms with Crippen LogP contribution in [0, 0.1) is 11.8 Å². The van der Waals surface area contributed by atoms with Crippen molar-refractivity contribution in [3.05, 3.63) is 0 Å². The van der Waals surface area contributed by atoms with Crippen LogP contribution in [0.25, 0.3) is 0 Å². The molecule has 1 N–H and O–H groups in total. The molecule has 3 nitrogen and oxygen atoms in total. The van der Waals surface area contributed by atoms with Crippen molar-refractivity contribution in [2.45, 2.75) is 32.2 Å². The first-order valence-electron chi connectivity index (χ1n) is 5.15. The summed E-state index contributed by atoms with van der Waals surface area (Å²) in [6.45, 7) is 3.82. The molecule has 0 bridgehead atoms. The molecule has 3 heteroatoms. The van der Waals surface area contributed by atoms with Crippen LogP contribution in [-0.2, 0) is 4.79 Å². The maximum atomic E-state index is 10.9. The van der Waals surface area contributed by atoms with E-state index in [9.17, 15) is 4.79 Å². The molecular formula is C10H17NO2. The lowest BCUT2D eigenvalue weighted by atomic mass is 9.92. The van der Waals surface area contributed by atoms with E-state index in [2.05, 4.69) is 11.8 Å². The molecule has 0 aromatic carbocycles. The first kappa shape index (κ1) is 9.00. The molecule has 1 aliphatic carbocycles. The summed E-state index contributed by atoms with van der Waals surface area (Å²) in [6.07, 6.45) is 3.88. The lowest BCUT2D eigenvalue weighted by Gasteiger charge is -2.34. The molecule has 1 saturated heterocycles. The first-order valence-corrected chi connectivity index (χ1v) is 5.15. The minimum absolute atomic E-state index is 0.124. The zero-order chi connectivity index (χ0) is 9.42. The Labute approximate surface area is 78.7 Å². The Bertz CT molecular complexity index is 213. The summed E-state index contributed by atoms with van der Waals surface area (Å²) in [7, 11) is 0. The number of nitrogens with zero attached hydrogens (tertiary/aromatic N) is 1. The molecule has 2 unspecified atom stereocenters. The largest absolute Gasteiger partial charge is 0.481 e. The molecular weight excluding hydrogens is 166 g/mol. The Morgan fingerprint density at radius 2 is 2.08 bits per heavy atom. The van der Waals surface area contributed by atoms with Gasteiger partial charge in [0.15, 0.2) is 0 Å². The maximum Gasteiger partial charge on any atom is 0.308 e. The van der Waals surface area contributed by atoms with Gasteiger partial charge < -0.3 is 5.11 Å². The van der Waals surface area contributed by atoms with Crippen molar-refractivity contribution in [2.75, 3.05) is 13.1 Å². The third-order valence-electron chi connectivity index (χ3n) is 3.55. The first-order chi connectivity index (χ1) is 6.18. The second kappa shape index (κ2) is 3.29. The van der Waals surface area contributed by atoms with Gasteiger partial charge in [-0.1, -0.05) is 13.3 Å². The highest BCUT2D eigenvalue weighted by Gasteiger charge is 2.38. The third-order valence-corrected chi connectivity index (χ3v) is 3.55. The van der Waals surface area contributed by atoms with E-state index in [1.54, 1.807) is 0 Å². The number of likely N-dealkylation sites (tertiary alicyclic amines) is 1. The summed E-state index contributed by atoms with van der Waals surface area (Å²) in [5, 5.41) is 8.95. The van der Waals surface area contributed by atoms with Gasteiger partial charge in [0.1, 0.15) is 0 Å². The summed E-state index contributed by atoms with van der Waals surface area (Å²) in [6, 6.07) is 0.701. The van der Waals surface area contributed by atoms with Gasteiger partial charge in [0, 0.05) is 19.1 Å². The van der Waals surface area contributed by atoms with Crippen molar-refractivity contribution in [3.8, 4) is 0 Å². The van der Waals surface area contributed by atoms with E-state index in [-0.39, 0.29) is 5.92 Å². The zero-order valence-corrected chi connectivity index (χ0v) is 8.07. The Morgan fingerprint density at radius 1 is 1.38 bits per heavy atom. The minimum atomic E-state index is -0.616. The summed E-state index contributed by atoms with van der Waals surface area (Å²) in [5.74, 6) is -0.409. The van der Waals surface area contributed by atoms with Gasteiger partial charge in [-0.25, -0.2) is 0 Å². The Hall–Kier alpha value is -0.570. The molecule has 0 radical (unpaired) electrons. The van der Waals surface area contributed by atoms with Crippen molar-refractivity contribution in [1.29, 1.82) is 0 Å². The monoisotopic (exact) mass is 183 g/mol. The van der Waals surface area contributed by atoms with E-state index >= 15 is 0 Å². The SMILES string of the molecule is CC1CN(C2CCC2)CC1C(=O)O. The topological polar surface area (TPSA) is 40.5 Å². The summed E-state index contributed by atoms with van der Waals surface area (Å²) >= 11 is 0. The van der Waals surface area contributed by atoms with E-state index in [0.29, 0.717) is 12.0 Å². The Kier molecular flexibility index (Phi) is 2.28. The fourth-order valence-electron chi connectivity index (χ4n) is 2.38. The molecule has 2 rings (SSSR count). The number of hydrogen-bond donors (Lipinski definition) is 1. The van der Waals surface area contributed by atoms with Crippen LogP contribution in [0.5, 0.6) is 0 Å². The Morgan fingerprint density at radius 3 is 2.46 bits per heavy atom. The number of carboxylic acid groups (broad SMARTS) is 1. The van der Waals surface area contributed by atoms with Crippen LogP contribution in [0.4, 0.5) is 0 Å². The van der Waals surface area contributed by atoms with Crippen molar-refractivity contribution in [2.24, 2.45) is 11.8 Å². The van der Waals surface area contributed by atoms with E-state index in [4.69, 9.17) is 5.11 Å². The molecule has 0 amide bonds. The van der Waals surface area contributed by atoms with Gasteiger partial charge >= 0.3 is 5.97 Å². The molecule has 13 heavy (non-hydrogen) atoms. The fraction of sp³-hybridized carbons (Fsp3) is 0.900. The summed E-state index contributed by atoms with van der Waals surface area (Å²) in [4.78, 5) is 13.2. The van der Waals surface area contributed by atoms with Crippen LogP contribution in [0.3, 0.4) is 0 Å². The normalized spacial score (nSPS) is 36.1. The molecule has 1 aliphatic heterocycles. The van der Waals surface area contributed by atoms with Crippen LogP contribution in [0.1, 0.15) is 26.2 Å². The van der Waals surface area contributed by atoms with Gasteiger partial charge in [0.25, 0.3) is 0 Å². The molecule has 2 atom stereocenters. The summed E-state index contributed by atoms with van der Waals surface area (Å²) < 4.78 is 0. The highest BCUT2D eigenvalue weighted by Crippen LogP contribution is 2.32. The zero-order valence-electron chi connectivity index (χ0n) is 8.07. The van der Waals surface area contributed by atoms with Gasteiger partial charge in [-0.3, -0.25) is 9.69 Å². The van der Waals surface area contributed by atoms with Crippen molar-refractivity contribution in [3.63, 3.8) is 0 Å². The second-order valence-corrected chi connectivity index (χ2v) is 4.46. The lowest BCUT2D eigenvalue weighted by molar-refractivity contribution is -0.142. The predicted molar refractivity (Wildman–Crippen MR) is 49.5 cm³/mol. The van der Waals surface area contributed by atoms with E-state index in [1.807, 2.05) is 0 Å². The highest BCUT2D eigenvalue weighted by molar-refractivity contribution is 5.71. The summed E-state index contributed by atoms with van der Waals surface area (Å²) in [5.41, 5.74) is 0. The quantitative estimate of drug-likeness (QED) is 0.699. The predicted octanol–water partition coefficient (Wildman–Crippen LogP) is 1.19. The van der Waals surface area contributed by atoms with Gasteiger partial charge in [-0.15, -0.1) is 0 Å². The van der Waals surface area contributed by atoms with Crippen molar-refractivity contribution < 1.29 is 9.90 Å². The van der Waals surface area contributed by atoms with Crippen LogP contribution in [0.15, 0.2) is 0 Å². The van der Waals surface area contributed by atoms with Gasteiger partial charge in [-0.05, 0) is 18.8 Å². The maximum absolute atomic E-state index is 10.9. The average Bonchev–Trinajstić information content (AvgIpc) is 2.27. The van der Waals surface area contributed by atoms with Crippen LogP contribution in [-0.4, -0.2) is 35.1 Å². The van der Waals surface area contributed by atoms with Gasteiger partial charge in [0.05, 0.1) is 5.92 Å². The molecule has 0 aromatic rings. The van der Waals surface area contributed by atoms with Crippen LogP contribution >= 0.6 is 0 Å². The molecule has 0 aromatic heterocycles. The smallest absolute Gasteiger partial charge is 0.308 e. The fourth-order valence-corrected chi connectivity index (χ4v) is 2.38. The van der Waals surface area contributed by atoms with Gasteiger partial charge in [-0.2, -0.15) is 0 Å². The van der Waals surface area contributed by atoms with E-state index in [0.717, 1.165) is 13.1 Å². The molecule has 1 heterocycles. The van der Waals surface area contributed by atoms with Crippen LogP contribution in [0.2, 0.25) is 0 Å². The molecule has 0 spiro atoms. The molecule has 2 fully saturated rings. The number of hydrogen-bond acceptors (Lipinski definition) is 2. The van der Waals surface area contributed by atoms with Crippen molar-refractivity contribution in [1.82, 2.24) is 4.90 Å². The van der Waals surface area contributed by atoms with Crippen molar-refractivity contribution >= 4 is 5.97 Å². The molecule has 74 valence electrons. The van der Waals surface area contributed by atoms with Crippen LogP contribution < -0.4 is 0 Å². The number of carbonyl (C=O) groups is 1. The number of aliphatic carboxylic acids is 1. The van der Waals surface area contributed by atoms with E-state index < -0.39 is 5.97 Å². The minimum Gasteiger partial charge on any atom is -0.481 e. The molecule has 1 saturated carbocycles. The van der Waals surface area contributed by atoms with Gasteiger partial charge in [0.2, 0.25) is 0 Å². The number of carboxylic acids is 1. The Balaban J connectivity index is 1.93. The third kappa shape index (κ3) is 1.57. The second-order valence-electron chi connectivity index (χ2n) is 4.46. The standard InChI is InChI=1S/C10H17NO2/c1-7-5-11(8-3-2-4-8)6-9(7)10(12)13/h7-9H,2-6H2,1H3,(H,12,13). The van der Waals surface area contributed by atoms with E-state index in [1.165, 1.54) is 19.3 Å². The highest BCUT2D eigenvalue weighted by atomic mass is 16.4. The molecule has 2 aliphatic rings. The average molecular weight is 183 g/mol. The number of rotatable bonds is 2.